The molecule has 2 nitrogen and oxygen atoms in total. The number of rotatable bonds is 4. The smallest absolute Gasteiger partial charge is 0.141 e. The van der Waals surface area contributed by atoms with E-state index in [2.05, 4.69) is 69.8 Å². The Balaban J connectivity index is 2.52. The molecule has 0 aliphatic carbocycles. The Labute approximate surface area is 155 Å². The zero-order valence-corrected chi connectivity index (χ0v) is 17.7. The van der Waals surface area contributed by atoms with Gasteiger partial charge in [-0.25, -0.2) is 0 Å². The second kappa shape index (κ2) is 7.13. The van der Waals surface area contributed by atoms with Crippen LogP contribution >= 0.6 is 75.1 Å². The molecule has 0 aliphatic heterocycles. The second-order valence-corrected chi connectivity index (χ2v) is 9.30. The molecule has 0 N–H and O–H groups in total. The highest BCUT2D eigenvalue weighted by molar-refractivity contribution is 9.12. The van der Waals surface area contributed by atoms with Crippen molar-refractivity contribution in [2.45, 2.75) is 4.83 Å². The Kier molecular flexibility index (Phi) is 5.99. The summed E-state index contributed by atoms with van der Waals surface area (Å²) in [7, 11) is 3.29. The van der Waals surface area contributed by atoms with Gasteiger partial charge in [0.05, 0.1) is 26.6 Å². The summed E-state index contributed by atoms with van der Waals surface area (Å²) in [5.74, 6) is 1.51. The van der Waals surface area contributed by atoms with Crippen molar-refractivity contribution in [2.75, 3.05) is 14.2 Å². The number of halogens is 4. The standard InChI is InChI=1S/C13H10Br4O2S/c1-18-8-4-3-6(12(19-2)11(8)16)10(15)7-5-9(14)20-13(7)17/h3-5,10H,1-2H3. The summed E-state index contributed by atoms with van der Waals surface area (Å²) in [6.45, 7) is 0. The van der Waals surface area contributed by atoms with E-state index < -0.39 is 0 Å². The van der Waals surface area contributed by atoms with Gasteiger partial charge in [-0.05, 0) is 65.5 Å². The summed E-state index contributed by atoms with van der Waals surface area (Å²) in [5, 5.41) is 0. The predicted molar refractivity (Wildman–Crippen MR) is 97.7 cm³/mol. The minimum atomic E-state index is 0.0246. The molecule has 0 saturated carbocycles. The Morgan fingerprint density at radius 2 is 1.75 bits per heavy atom. The third-order valence-electron chi connectivity index (χ3n) is 2.75. The van der Waals surface area contributed by atoms with Crippen molar-refractivity contribution in [1.82, 2.24) is 0 Å². The molecule has 2 rings (SSSR count). The number of alkyl halides is 1. The highest BCUT2D eigenvalue weighted by atomic mass is 79.9. The molecule has 0 amide bonds. The third kappa shape index (κ3) is 3.27. The Morgan fingerprint density at radius 1 is 1.05 bits per heavy atom. The van der Waals surface area contributed by atoms with Crippen molar-refractivity contribution in [3.05, 3.63) is 41.4 Å². The van der Waals surface area contributed by atoms with Crippen molar-refractivity contribution in [1.29, 1.82) is 0 Å². The molecule has 1 aromatic heterocycles. The van der Waals surface area contributed by atoms with E-state index in [1.165, 1.54) is 0 Å². The van der Waals surface area contributed by atoms with Gasteiger partial charge in [0.1, 0.15) is 16.0 Å². The van der Waals surface area contributed by atoms with Gasteiger partial charge in [-0.15, -0.1) is 11.3 Å². The average Bonchev–Trinajstić information content (AvgIpc) is 2.76. The van der Waals surface area contributed by atoms with E-state index >= 15 is 0 Å². The average molecular weight is 550 g/mol. The highest BCUT2D eigenvalue weighted by Crippen LogP contribution is 2.47. The van der Waals surface area contributed by atoms with Crippen LogP contribution in [0.2, 0.25) is 0 Å². The molecule has 20 heavy (non-hydrogen) atoms. The van der Waals surface area contributed by atoms with Crippen LogP contribution in [0.15, 0.2) is 30.2 Å². The van der Waals surface area contributed by atoms with Crippen LogP contribution in [0.4, 0.5) is 0 Å². The van der Waals surface area contributed by atoms with E-state index in [-0.39, 0.29) is 4.83 Å². The highest BCUT2D eigenvalue weighted by Gasteiger charge is 2.22. The molecule has 0 spiro atoms. The van der Waals surface area contributed by atoms with E-state index in [0.29, 0.717) is 0 Å². The lowest BCUT2D eigenvalue weighted by atomic mass is 10.1. The van der Waals surface area contributed by atoms with Crippen LogP contribution in [0.5, 0.6) is 11.5 Å². The number of hydrogen-bond acceptors (Lipinski definition) is 3. The van der Waals surface area contributed by atoms with Gasteiger partial charge in [0, 0.05) is 5.56 Å². The minimum Gasteiger partial charge on any atom is -0.495 e. The topological polar surface area (TPSA) is 18.5 Å². The fraction of sp³-hybridized carbons (Fsp3) is 0.231. The molecule has 0 fully saturated rings. The van der Waals surface area contributed by atoms with Gasteiger partial charge in [0.15, 0.2) is 0 Å². The van der Waals surface area contributed by atoms with Gasteiger partial charge in [-0.3, -0.25) is 0 Å². The normalized spacial score (nSPS) is 12.3. The number of benzene rings is 1. The zero-order valence-electron chi connectivity index (χ0n) is 10.5. The lowest BCUT2D eigenvalue weighted by Crippen LogP contribution is -1.99. The first-order valence-corrected chi connectivity index (χ1v) is 9.59. The molecule has 2 aromatic rings. The van der Waals surface area contributed by atoms with Gasteiger partial charge < -0.3 is 9.47 Å². The molecular weight excluding hydrogens is 540 g/mol. The van der Waals surface area contributed by atoms with E-state index in [4.69, 9.17) is 9.47 Å². The van der Waals surface area contributed by atoms with E-state index in [0.717, 1.165) is 34.7 Å². The number of hydrogen-bond donors (Lipinski definition) is 0. The van der Waals surface area contributed by atoms with Crippen LogP contribution in [0.3, 0.4) is 0 Å². The molecule has 0 radical (unpaired) electrons. The molecule has 108 valence electrons. The molecule has 1 atom stereocenters. The summed E-state index contributed by atoms with van der Waals surface area (Å²) in [5.41, 5.74) is 2.18. The van der Waals surface area contributed by atoms with E-state index in [1.54, 1.807) is 25.6 Å². The van der Waals surface area contributed by atoms with Gasteiger partial charge in [0.25, 0.3) is 0 Å². The maximum absolute atomic E-state index is 5.53. The summed E-state index contributed by atoms with van der Waals surface area (Å²) in [6.07, 6.45) is 0. The molecule has 1 unspecified atom stereocenters. The zero-order chi connectivity index (χ0) is 14.9. The third-order valence-corrected chi connectivity index (χ3v) is 6.87. The molecule has 0 saturated heterocycles. The summed E-state index contributed by atoms with van der Waals surface area (Å²) in [6, 6.07) is 6.01. The Morgan fingerprint density at radius 3 is 2.25 bits per heavy atom. The van der Waals surface area contributed by atoms with Gasteiger partial charge in [0.2, 0.25) is 0 Å². The molecule has 0 aliphatic rings. The Hall–Kier alpha value is 0.440. The number of ether oxygens (including phenoxy) is 2. The van der Waals surface area contributed by atoms with Crippen LogP contribution in [-0.2, 0) is 0 Å². The monoisotopic (exact) mass is 546 g/mol. The summed E-state index contributed by atoms with van der Waals surface area (Å²) < 4.78 is 13.8. The van der Waals surface area contributed by atoms with Crippen molar-refractivity contribution in [2.24, 2.45) is 0 Å². The molecule has 1 heterocycles. The lowest BCUT2D eigenvalue weighted by molar-refractivity contribution is 0.386. The van der Waals surface area contributed by atoms with Crippen molar-refractivity contribution in [3.8, 4) is 11.5 Å². The molecular formula is C13H10Br4O2S. The number of methoxy groups -OCH3 is 2. The fourth-order valence-corrected chi connectivity index (χ4v) is 6.58. The van der Waals surface area contributed by atoms with Gasteiger partial charge >= 0.3 is 0 Å². The summed E-state index contributed by atoms with van der Waals surface area (Å²) in [4.78, 5) is 0.0246. The van der Waals surface area contributed by atoms with Crippen LogP contribution < -0.4 is 9.47 Å². The van der Waals surface area contributed by atoms with Crippen molar-refractivity contribution in [3.63, 3.8) is 0 Å². The molecule has 7 heteroatoms. The first kappa shape index (κ1) is 16.8. The summed E-state index contributed by atoms with van der Waals surface area (Å²) >= 11 is 16.0. The maximum Gasteiger partial charge on any atom is 0.141 e. The largest absolute Gasteiger partial charge is 0.495 e. The van der Waals surface area contributed by atoms with Crippen LogP contribution in [0.1, 0.15) is 16.0 Å². The lowest BCUT2D eigenvalue weighted by Gasteiger charge is -2.17. The van der Waals surface area contributed by atoms with E-state index in [1.807, 2.05) is 12.1 Å². The minimum absolute atomic E-state index is 0.0246. The SMILES string of the molecule is COc1ccc(C(Br)c2cc(Br)sc2Br)c(OC)c1Br. The molecule has 1 aromatic carbocycles. The van der Waals surface area contributed by atoms with Crippen LogP contribution in [-0.4, -0.2) is 14.2 Å². The van der Waals surface area contributed by atoms with Gasteiger partial charge in [-0.1, -0.05) is 22.0 Å². The van der Waals surface area contributed by atoms with Crippen molar-refractivity contribution >= 4 is 75.1 Å². The fourth-order valence-electron chi connectivity index (χ4n) is 1.81. The first-order valence-electron chi connectivity index (χ1n) is 5.48. The van der Waals surface area contributed by atoms with Gasteiger partial charge in [-0.2, -0.15) is 0 Å². The predicted octanol–water partition coefficient (Wildman–Crippen LogP) is 6.54. The first-order chi connectivity index (χ1) is 9.49. The van der Waals surface area contributed by atoms with Crippen LogP contribution in [0, 0.1) is 0 Å². The van der Waals surface area contributed by atoms with Crippen molar-refractivity contribution < 1.29 is 9.47 Å². The van der Waals surface area contributed by atoms with Crippen LogP contribution in [0.25, 0.3) is 0 Å². The quantitative estimate of drug-likeness (QED) is 0.403. The Bertz CT molecular complexity index is 627. The van der Waals surface area contributed by atoms with E-state index in [9.17, 15) is 0 Å². The molecule has 0 bridgehead atoms. The number of thiophene rings is 1. The maximum atomic E-state index is 5.53. The second-order valence-electron chi connectivity index (χ2n) is 3.85.